The molecule has 0 spiro atoms. The molecule has 1 aliphatic carbocycles. The number of aromatic nitrogens is 2. The largest absolute Gasteiger partial charge is 0.346 e. The normalized spacial score (nSPS) is 17.1. The molecular weight excluding hydrogens is 196 g/mol. The summed E-state index contributed by atoms with van der Waals surface area (Å²) in [4.78, 5) is 7.11. The molecular formula is C9H6N4S. The Morgan fingerprint density at radius 1 is 1.43 bits per heavy atom. The zero-order chi connectivity index (χ0) is 9.54. The molecule has 2 heterocycles. The Hall–Kier alpha value is -1.62. The maximum absolute atomic E-state index is 5.15. The van der Waals surface area contributed by atoms with Crippen molar-refractivity contribution in [2.45, 2.75) is 6.42 Å². The Labute approximate surface area is 85.1 Å². The van der Waals surface area contributed by atoms with Crippen molar-refractivity contribution in [3.63, 3.8) is 0 Å². The molecule has 5 heteroatoms. The van der Waals surface area contributed by atoms with Crippen LogP contribution in [0, 0.1) is 4.64 Å². The summed E-state index contributed by atoms with van der Waals surface area (Å²) in [6.07, 6.45) is 6.12. The monoisotopic (exact) mass is 202 g/mol. The van der Waals surface area contributed by atoms with Crippen molar-refractivity contribution < 1.29 is 0 Å². The van der Waals surface area contributed by atoms with Gasteiger partial charge in [-0.05, 0) is 6.08 Å². The van der Waals surface area contributed by atoms with Gasteiger partial charge in [-0.1, -0.05) is 12.2 Å². The van der Waals surface area contributed by atoms with Crippen molar-refractivity contribution in [1.29, 1.82) is 0 Å². The van der Waals surface area contributed by atoms with E-state index in [0.717, 1.165) is 28.9 Å². The van der Waals surface area contributed by atoms with E-state index in [1.54, 1.807) is 12.5 Å². The molecule has 1 N–H and O–H groups in total. The summed E-state index contributed by atoms with van der Waals surface area (Å²) < 4.78 is 0.654. The zero-order valence-corrected chi connectivity index (χ0v) is 8.01. The van der Waals surface area contributed by atoms with Crippen LogP contribution in [0.15, 0.2) is 34.0 Å². The highest BCUT2D eigenvalue weighted by atomic mass is 32.1. The van der Waals surface area contributed by atoms with E-state index in [-0.39, 0.29) is 0 Å². The van der Waals surface area contributed by atoms with Crippen molar-refractivity contribution >= 4 is 18.3 Å². The van der Waals surface area contributed by atoms with Crippen molar-refractivity contribution in [3.05, 3.63) is 39.7 Å². The molecule has 2 aliphatic rings. The first-order valence-corrected chi connectivity index (χ1v) is 4.64. The first-order chi connectivity index (χ1) is 6.84. The smallest absolute Gasteiger partial charge is 0.133 e. The number of nitrogens with one attached hydrogen (secondary N) is 1. The molecule has 0 unspecified atom stereocenters. The van der Waals surface area contributed by atoms with Gasteiger partial charge in [-0.2, -0.15) is 10.2 Å². The maximum atomic E-state index is 5.15. The highest BCUT2D eigenvalue weighted by Crippen LogP contribution is 2.30. The molecule has 0 fully saturated rings. The first-order valence-electron chi connectivity index (χ1n) is 4.23. The quantitative estimate of drug-likeness (QED) is 0.657. The summed E-state index contributed by atoms with van der Waals surface area (Å²) >= 11 is 5.15. The van der Waals surface area contributed by atoms with Crippen LogP contribution in [0.1, 0.15) is 11.3 Å². The van der Waals surface area contributed by atoms with E-state index in [1.807, 2.05) is 6.08 Å². The fourth-order valence-electron chi connectivity index (χ4n) is 1.62. The number of hydrogen-bond donors (Lipinski definition) is 1. The van der Waals surface area contributed by atoms with Crippen molar-refractivity contribution in [2.75, 3.05) is 0 Å². The van der Waals surface area contributed by atoms with Crippen LogP contribution >= 0.6 is 12.2 Å². The Morgan fingerprint density at radius 3 is 3.29 bits per heavy atom. The number of hydrogen-bond acceptors (Lipinski definition) is 4. The molecule has 0 saturated heterocycles. The lowest BCUT2D eigenvalue weighted by molar-refractivity contribution is 1.01. The first kappa shape index (κ1) is 7.75. The van der Waals surface area contributed by atoms with Gasteiger partial charge >= 0.3 is 0 Å². The van der Waals surface area contributed by atoms with Crippen LogP contribution in [0.3, 0.4) is 0 Å². The van der Waals surface area contributed by atoms with E-state index in [9.17, 15) is 0 Å². The molecule has 1 aromatic heterocycles. The summed E-state index contributed by atoms with van der Waals surface area (Å²) in [7, 11) is 0. The third-order valence-electron chi connectivity index (χ3n) is 2.34. The van der Waals surface area contributed by atoms with Crippen LogP contribution in [0.2, 0.25) is 0 Å². The fraction of sp³-hybridized carbons (Fsp3) is 0.111. The number of rotatable bonds is 0. The molecule has 1 aromatic rings. The highest BCUT2D eigenvalue weighted by molar-refractivity contribution is 7.71. The predicted octanol–water partition coefficient (Wildman–Crippen LogP) is 2.39. The summed E-state index contributed by atoms with van der Waals surface area (Å²) in [6, 6.07) is 0. The molecule has 1 aliphatic heterocycles. The van der Waals surface area contributed by atoms with Gasteiger partial charge in [0.25, 0.3) is 0 Å². The Bertz CT molecular complexity index is 550. The SMILES string of the molecule is S=c1nc[nH]c2c1CC1=CN=NC1=C2. The molecule has 3 rings (SSSR count). The van der Waals surface area contributed by atoms with Crippen molar-refractivity contribution in [3.8, 4) is 0 Å². The molecule has 68 valence electrons. The Morgan fingerprint density at radius 2 is 2.36 bits per heavy atom. The number of aromatic amines is 1. The van der Waals surface area contributed by atoms with E-state index >= 15 is 0 Å². The minimum absolute atomic E-state index is 0.654. The molecule has 0 aromatic carbocycles. The van der Waals surface area contributed by atoms with Crippen molar-refractivity contribution in [1.82, 2.24) is 9.97 Å². The second-order valence-electron chi connectivity index (χ2n) is 3.18. The number of fused-ring (bicyclic) bond motifs is 2. The maximum Gasteiger partial charge on any atom is 0.133 e. The molecule has 0 radical (unpaired) electrons. The third-order valence-corrected chi connectivity index (χ3v) is 2.69. The molecule has 0 bridgehead atoms. The van der Waals surface area contributed by atoms with Crippen LogP contribution in [0.25, 0.3) is 6.08 Å². The minimum atomic E-state index is 0.654. The van der Waals surface area contributed by atoms with Gasteiger partial charge in [-0.15, -0.1) is 0 Å². The lowest BCUT2D eigenvalue weighted by Gasteiger charge is -2.12. The van der Waals surface area contributed by atoms with Gasteiger partial charge in [0.1, 0.15) is 4.64 Å². The highest BCUT2D eigenvalue weighted by Gasteiger charge is 2.19. The lowest BCUT2D eigenvalue weighted by atomic mass is 9.97. The topological polar surface area (TPSA) is 53.4 Å². The van der Waals surface area contributed by atoms with Gasteiger partial charge in [0, 0.05) is 23.3 Å². The van der Waals surface area contributed by atoms with Crippen LogP contribution in [-0.4, -0.2) is 9.97 Å². The third kappa shape index (κ3) is 0.990. The van der Waals surface area contributed by atoms with Crippen molar-refractivity contribution in [2.24, 2.45) is 10.2 Å². The zero-order valence-electron chi connectivity index (χ0n) is 7.19. The Balaban J connectivity index is 2.29. The molecule has 0 saturated carbocycles. The van der Waals surface area contributed by atoms with E-state index < -0.39 is 0 Å². The molecule has 0 amide bonds. The van der Waals surface area contributed by atoms with Gasteiger partial charge in [0.2, 0.25) is 0 Å². The van der Waals surface area contributed by atoms with Crippen LogP contribution < -0.4 is 0 Å². The van der Waals surface area contributed by atoms with Gasteiger partial charge in [-0.3, -0.25) is 0 Å². The predicted molar refractivity (Wildman–Crippen MR) is 54.0 cm³/mol. The summed E-state index contributed by atoms with van der Waals surface area (Å²) in [6.45, 7) is 0. The fourth-order valence-corrected chi connectivity index (χ4v) is 1.85. The standard InChI is InChI=1S/C9H6N4S/c14-9-6-1-5-3-12-13-7(5)2-8(6)10-4-11-9/h2-4H,1H2,(H,10,11,14). The summed E-state index contributed by atoms with van der Waals surface area (Å²) in [5, 5.41) is 7.87. The molecule has 14 heavy (non-hydrogen) atoms. The molecule has 4 nitrogen and oxygen atoms in total. The van der Waals surface area contributed by atoms with E-state index in [1.165, 1.54) is 0 Å². The van der Waals surface area contributed by atoms with Crippen LogP contribution in [-0.2, 0) is 6.42 Å². The molecule has 0 atom stereocenters. The lowest BCUT2D eigenvalue weighted by Crippen LogP contribution is -2.04. The second kappa shape index (κ2) is 2.68. The van der Waals surface area contributed by atoms with Gasteiger partial charge in [0.05, 0.1) is 18.2 Å². The van der Waals surface area contributed by atoms with E-state index in [2.05, 4.69) is 20.2 Å². The number of azo groups is 1. The number of H-pyrrole nitrogens is 1. The van der Waals surface area contributed by atoms with Gasteiger partial charge in [-0.25, -0.2) is 4.98 Å². The van der Waals surface area contributed by atoms with Gasteiger partial charge < -0.3 is 4.98 Å². The summed E-state index contributed by atoms with van der Waals surface area (Å²) in [5.74, 6) is 0. The van der Waals surface area contributed by atoms with Crippen LogP contribution in [0.4, 0.5) is 0 Å². The Kier molecular flexibility index (Phi) is 1.49. The van der Waals surface area contributed by atoms with Crippen LogP contribution in [0.5, 0.6) is 0 Å². The average molecular weight is 202 g/mol. The minimum Gasteiger partial charge on any atom is -0.346 e. The van der Waals surface area contributed by atoms with E-state index in [0.29, 0.717) is 4.64 Å². The average Bonchev–Trinajstić information content (AvgIpc) is 2.62. The second-order valence-corrected chi connectivity index (χ2v) is 3.56. The van der Waals surface area contributed by atoms with E-state index in [4.69, 9.17) is 12.2 Å². The van der Waals surface area contributed by atoms with Gasteiger partial charge in [0.15, 0.2) is 0 Å². The number of allylic oxidation sites excluding steroid dienone is 1. The summed E-state index contributed by atoms with van der Waals surface area (Å²) in [5.41, 5.74) is 4.10. The number of nitrogens with zero attached hydrogens (tertiary/aromatic N) is 3.